The van der Waals surface area contributed by atoms with Crippen molar-refractivity contribution in [1.82, 2.24) is 14.8 Å². The van der Waals surface area contributed by atoms with Crippen molar-refractivity contribution in [2.24, 2.45) is 0 Å². The van der Waals surface area contributed by atoms with Crippen LogP contribution in [0.3, 0.4) is 0 Å². The predicted molar refractivity (Wildman–Crippen MR) is 131 cm³/mol. The van der Waals surface area contributed by atoms with Gasteiger partial charge in [-0.05, 0) is 30.9 Å². The third kappa shape index (κ3) is 5.94. The Labute approximate surface area is 194 Å². The summed E-state index contributed by atoms with van der Waals surface area (Å²) in [6, 6.07) is 18.3. The van der Waals surface area contributed by atoms with E-state index in [1.807, 2.05) is 46.0 Å². The Kier molecular flexibility index (Phi) is 7.88. The number of hydrogen-bond acceptors (Lipinski definition) is 3. The summed E-state index contributed by atoms with van der Waals surface area (Å²) in [6.07, 6.45) is 7.48. The average molecular weight is 450 g/mol. The number of hydrogen-bond donors (Lipinski definition) is 1. The normalized spacial score (nSPS) is 14.3. The van der Waals surface area contributed by atoms with Crippen LogP contribution >= 0.6 is 11.8 Å². The van der Waals surface area contributed by atoms with Crippen LogP contribution < -0.4 is 5.32 Å². The molecule has 1 aromatic heterocycles. The smallest absolute Gasteiger partial charge is 0.242 e. The maximum Gasteiger partial charge on any atom is 0.242 e. The summed E-state index contributed by atoms with van der Waals surface area (Å²) in [5.74, 6) is 0.578. The van der Waals surface area contributed by atoms with Crippen LogP contribution in [0.5, 0.6) is 0 Å². The van der Waals surface area contributed by atoms with Gasteiger partial charge in [0, 0.05) is 41.6 Å². The molecule has 2 heterocycles. The molecule has 1 saturated heterocycles. The molecule has 0 spiro atoms. The van der Waals surface area contributed by atoms with Gasteiger partial charge in [-0.2, -0.15) is 0 Å². The molecule has 6 heteroatoms. The van der Waals surface area contributed by atoms with Gasteiger partial charge in [-0.25, -0.2) is 0 Å². The number of rotatable bonds is 8. The molecule has 168 valence electrons. The van der Waals surface area contributed by atoms with Gasteiger partial charge in [0.05, 0.1) is 5.75 Å². The summed E-state index contributed by atoms with van der Waals surface area (Å²) < 4.78 is 2.04. The van der Waals surface area contributed by atoms with E-state index in [0.717, 1.165) is 48.2 Å². The number of nitrogens with one attached hydrogen (secondary N) is 1. The number of amides is 2. The first-order valence-corrected chi connectivity index (χ1v) is 12.5. The lowest BCUT2D eigenvalue weighted by Gasteiger charge is -2.20. The van der Waals surface area contributed by atoms with Gasteiger partial charge in [-0.3, -0.25) is 9.59 Å². The van der Waals surface area contributed by atoms with Crippen molar-refractivity contribution in [2.45, 2.75) is 43.5 Å². The van der Waals surface area contributed by atoms with Gasteiger partial charge in [0.15, 0.2) is 0 Å². The largest absolute Gasteiger partial charge is 0.355 e. The van der Waals surface area contributed by atoms with Crippen molar-refractivity contribution in [2.75, 3.05) is 25.4 Å². The molecule has 32 heavy (non-hydrogen) atoms. The summed E-state index contributed by atoms with van der Waals surface area (Å²) in [5, 5.41) is 4.11. The van der Waals surface area contributed by atoms with Gasteiger partial charge in [0.2, 0.25) is 11.8 Å². The molecule has 0 saturated carbocycles. The molecular weight excluding hydrogens is 418 g/mol. The molecule has 1 aliphatic heterocycles. The first-order chi connectivity index (χ1) is 15.7. The first kappa shape index (κ1) is 22.5. The van der Waals surface area contributed by atoms with Crippen LogP contribution in [-0.2, 0) is 22.6 Å². The van der Waals surface area contributed by atoms with Crippen LogP contribution in [0.15, 0.2) is 65.7 Å². The minimum Gasteiger partial charge on any atom is -0.355 e. The Morgan fingerprint density at radius 2 is 1.62 bits per heavy atom. The molecule has 2 amide bonds. The minimum absolute atomic E-state index is 0.0309. The molecular formula is C26H31N3O2S. The maximum atomic E-state index is 12.9. The highest BCUT2D eigenvalue weighted by Crippen LogP contribution is 2.30. The SMILES string of the molecule is O=C(CSc1cn(CC(=O)N2CCCCCC2)c2ccccc12)NCCc1ccccc1. The van der Waals surface area contributed by atoms with Crippen molar-refractivity contribution in [1.29, 1.82) is 0 Å². The highest BCUT2D eigenvalue weighted by molar-refractivity contribution is 8.00. The van der Waals surface area contributed by atoms with Gasteiger partial charge in [-0.15, -0.1) is 11.8 Å². The molecule has 1 fully saturated rings. The molecule has 1 N–H and O–H groups in total. The van der Waals surface area contributed by atoms with Crippen molar-refractivity contribution >= 4 is 34.5 Å². The van der Waals surface area contributed by atoms with Crippen LogP contribution in [0, 0.1) is 0 Å². The zero-order chi connectivity index (χ0) is 22.2. The second-order valence-electron chi connectivity index (χ2n) is 8.31. The van der Waals surface area contributed by atoms with E-state index in [1.165, 1.54) is 30.2 Å². The zero-order valence-electron chi connectivity index (χ0n) is 18.5. The van der Waals surface area contributed by atoms with Crippen LogP contribution in [-0.4, -0.2) is 46.7 Å². The quantitative estimate of drug-likeness (QED) is 0.516. The maximum absolute atomic E-state index is 12.9. The molecule has 0 radical (unpaired) electrons. The van der Waals surface area contributed by atoms with E-state index in [-0.39, 0.29) is 11.8 Å². The molecule has 1 aliphatic rings. The molecule has 0 aliphatic carbocycles. The fraction of sp³-hybridized carbons (Fsp3) is 0.385. The average Bonchev–Trinajstić information content (AvgIpc) is 2.98. The van der Waals surface area contributed by atoms with E-state index >= 15 is 0 Å². The van der Waals surface area contributed by atoms with Gasteiger partial charge < -0.3 is 14.8 Å². The molecule has 0 atom stereocenters. The van der Waals surface area contributed by atoms with E-state index in [4.69, 9.17) is 0 Å². The molecule has 3 aromatic rings. The summed E-state index contributed by atoms with van der Waals surface area (Å²) in [6.45, 7) is 2.71. The van der Waals surface area contributed by atoms with Gasteiger partial charge in [0.1, 0.15) is 6.54 Å². The zero-order valence-corrected chi connectivity index (χ0v) is 19.3. The Morgan fingerprint density at radius 1 is 0.906 bits per heavy atom. The van der Waals surface area contributed by atoms with Gasteiger partial charge in [-0.1, -0.05) is 61.4 Å². The number of thioether (sulfide) groups is 1. The lowest BCUT2D eigenvalue weighted by atomic mass is 10.1. The van der Waals surface area contributed by atoms with Crippen molar-refractivity contribution in [3.63, 3.8) is 0 Å². The Morgan fingerprint density at radius 3 is 2.41 bits per heavy atom. The topological polar surface area (TPSA) is 54.3 Å². The third-order valence-corrected chi connectivity index (χ3v) is 7.00. The number of likely N-dealkylation sites (tertiary alicyclic amines) is 1. The van der Waals surface area contributed by atoms with E-state index in [9.17, 15) is 9.59 Å². The summed E-state index contributed by atoms with van der Waals surface area (Å²) >= 11 is 1.53. The Bertz CT molecular complexity index is 1040. The monoisotopic (exact) mass is 449 g/mol. The Hall–Kier alpha value is -2.73. The molecule has 0 unspecified atom stereocenters. The predicted octanol–water partition coefficient (Wildman–Crippen LogP) is 4.49. The van der Waals surface area contributed by atoms with Crippen molar-refractivity contribution in [3.8, 4) is 0 Å². The van der Waals surface area contributed by atoms with E-state index < -0.39 is 0 Å². The number of carbonyl (C=O) groups is 2. The lowest BCUT2D eigenvalue weighted by Crippen LogP contribution is -2.34. The second kappa shape index (κ2) is 11.2. The van der Waals surface area contributed by atoms with Crippen LogP contribution in [0.1, 0.15) is 31.2 Å². The number of carbonyl (C=O) groups excluding carboxylic acids is 2. The number of benzene rings is 2. The number of fused-ring (bicyclic) bond motifs is 1. The van der Waals surface area contributed by atoms with Crippen LogP contribution in [0.4, 0.5) is 0 Å². The summed E-state index contributed by atoms with van der Waals surface area (Å²) in [7, 11) is 0. The molecule has 2 aromatic carbocycles. The fourth-order valence-corrected chi connectivity index (χ4v) is 5.13. The van der Waals surface area contributed by atoms with Gasteiger partial charge in [0.25, 0.3) is 0 Å². The van der Waals surface area contributed by atoms with Crippen LogP contribution in [0.2, 0.25) is 0 Å². The second-order valence-corrected chi connectivity index (χ2v) is 9.32. The summed E-state index contributed by atoms with van der Waals surface area (Å²) in [5.41, 5.74) is 2.26. The van der Waals surface area contributed by atoms with Crippen molar-refractivity contribution < 1.29 is 9.59 Å². The molecule has 5 nitrogen and oxygen atoms in total. The third-order valence-electron chi connectivity index (χ3n) is 5.95. The van der Waals surface area contributed by atoms with Crippen molar-refractivity contribution in [3.05, 3.63) is 66.4 Å². The standard InChI is InChI=1S/C26H31N3O2S/c30-25(27-15-14-21-10-4-3-5-11-21)20-32-24-18-29(23-13-7-6-12-22(23)24)19-26(31)28-16-8-1-2-9-17-28/h3-7,10-13,18H,1-2,8-9,14-17,19-20H2,(H,27,30). The number of aromatic nitrogens is 1. The minimum atomic E-state index is 0.0309. The highest BCUT2D eigenvalue weighted by atomic mass is 32.2. The number of para-hydroxylation sites is 1. The first-order valence-electron chi connectivity index (χ1n) is 11.5. The van der Waals surface area contributed by atoms with E-state index in [1.54, 1.807) is 0 Å². The fourth-order valence-electron chi connectivity index (χ4n) is 4.21. The van der Waals surface area contributed by atoms with E-state index in [0.29, 0.717) is 18.8 Å². The van der Waals surface area contributed by atoms with Crippen LogP contribution in [0.25, 0.3) is 10.9 Å². The summed E-state index contributed by atoms with van der Waals surface area (Å²) in [4.78, 5) is 28.3. The molecule has 4 rings (SSSR count). The molecule has 0 bridgehead atoms. The highest BCUT2D eigenvalue weighted by Gasteiger charge is 2.18. The van der Waals surface area contributed by atoms with Gasteiger partial charge >= 0.3 is 0 Å². The Balaban J connectivity index is 1.35. The lowest BCUT2D eigenvalue weighted by molar-refractivity contribution is -0.131. The number of nitrogens with zero attached hydrogens (tertiary/aromatic N) is 2. The van der Waals surface area contributed by atoms with E-state index in [2.05, 4.69) is 29.6 Å².